The third kappa shape index (κ3) is 1.61. The van der Waals surface area contributed by atoms with Crippen molar-refractivity contribution in [1.82, 2.24) is 20.6 Å². The van der Waals surface area contributed by atoms with Gasteiger partial charge < -0.3 is 5.73 Å². The Balaban J connectivity index is 1.68. The zero-order valence-electron chi connectivity index (χ0n) is 10.8. The Bertz CT molecular complexity index is 497. The molecule has 5 rings (SSSR count). The number of amides is 1. The molecule has 6 nitrogen and oxygen atoms in total. The van der Waals surface area contributed by atoms with Crippen molar-refractivity contribution in [2.24, 2.45) is 28.4 Å². The van der Waals surface area contributed by atoms with Gasteiger partial charge in [0.15, 0.2) is 5.82 Å². The van der Waals surface area contributed by atoms with Gasteiger partial charge in [0.1, 0.15) is 0 Å². The van der Waals surface area contributed by atoms with E-state index in [1.807, 2.05) is 0 Å². The molecule has 4 aliphatic rings. The highest BCUT2D eigenvalue weighted by molar-refractivity contribution is 5.83. The van der Waals surface area contributed by atoms with Gasteiger partial charge in [-0.3, -0.25) is 4.79 Å². The molecule has 4 bridgehead atoms. The number of nitrogens with one attached hydrogen (secondary N) is 1. The van der Waals surface area contributed by atoms with Crippen molar-refractivity contribution in [3.63, 3.8) is 0 Å². The summed E-state index contributed by atoms with van der Waals surface area (Å²) in [6, 6.07) is 0. The van der Waals surface area contributed by atoms with Crippen molar-refractivity contribution in [2.75, 3.05) is 0 Å². The van der Waals surface area contributed by atoms with E-state index in [9.17, 15) is 4.79 Å². The van der Waals surface area contributed by atoms with Crippen LogP contribution < -0.4 is 5.73 Å². The van der Waals surface area contributed by atoms with Crippen LogP contribution in [-0.4, -0.2) is 26.5 Å². The number of carbonyl (C=O) groups excluding carboxylic acids is 1. The van der Waals surface area contributed by atoms with E-state index in [1.54, 1.807) is 0 Å². The predicted molar refractivity (Wildman–Crippen MR) is 66.3 cm³/mol. The summed E-state index contributed by atoms with van der Waals surface area (Å²) >= 11 is 0. The fourth-order valence-electron chi connectivity index (χ4n) is 5.18. The van der Waals surface area contributed by atoms with Crippen molar-refractivity contribution in [2.45, 2.75) is 38.5 Å². The Morgan fingerprint density at radius 1 is 1.47 bits per heavy atom. The summed E-state index contributed by atoms with van der Waals surface area (Å²) in [6.45, 7) is 0. The minimum atomic E-state index is -0.367. The molecule has 3 N–H and O–H groups in total. The lowest BCUT2D eigenvalue weighted by molar-refractivity contribution is -0.142. The first-order chi connectivity index (χ1) is 9.09. The molecule has 0 spiro atoms. The predicted octanol–water partition coefficient (Wildman–Crippen LogP) is 0.628. The van der Waals surface area contributed by atoms with E-state index in [0.717, 1.165) is 31.5 Å². The van der Waals surface area contributed by atoms with Crippen LogP contribution >= 0.6 is 0 Å². The normalized spacial score (nSPS) is 43.6. The molecular weight excluding hydrogens is 242 g/mol. The third-order valence-electron chi connectivity index (χ3n) is 5.36. The Morgan fingerprint density at radius 2 is 2.37 bits per heavy atom. The summed E-state index contributed by atoms with van der Waals surface area (Å²) in [5, 5.41) is 14.3. The molecule has 4 saturated carbocycles. The summed E-state index contributed by atoms with van der Waals surface area (Å²) in [6.07, 6.45) is 8.44. The number of hydrogen-bond acceptors (Lipinski definition) is 4. The van der Waals surface area contributed by atoms with Gasteiger partial charge in [0.25, 0.3) is 0 Å². The fraction of sp³-hybridized carbons (Fsp3) is 0.769. The Kier molecular flexibility index (Phi) is 2.13. The lowest BCUT2D eigenvalue weighted by atomic mass is 9.43. The van der Waals surface area contributed by atoms with Crippen LogP contribution in [0.2, 0.25) is 0 Å². The van der Waals surface area contributed by atoms with Crippen molar-refractivity contribution in [3.8, 4) is 0 Å². The molecule has 6 heteroatoms. The van der Waals surface area contributed by atoms with Crippen LogP contribution in [-0.2, 0) is 11.2 Å². The number of tetrazole rings is 1. The van der Waals surface area contributed by atoms with E-state index < -0.39 is 0 Å². The van der Waals surface area contributed by atoms with Crippen LogP contribution in [0.5, 0.6) is 0 Å². The molecule has 1 amide bonds. The molecule has 1 aromatic heterocycles. The number of carbonyl (C=O) groups is 1. The monoisotopic (exact) mass is 260 g/mol. The van der Waals surface area contributed by atoms with Crippen LogP contribution in [0.3, 0.4) is 0 Å². The van der Waals surface area contributed by atoms with Gasteiger partial charge >= 0.3 is 0 Å². The SMILES string of the molecule is NC(=O)C12[CH]C3CC(CC(Cc4nn[nH]n4)(C3)C1)C2. The summed E-state index contributed by atoms with van der Waals surface area (Å²) in [7, 11) is 0. The molecule has 19 heavy (non-hydrogen) atoms. The average molecular weight is 260 g/mol. The zero-order chi connectivity index (χ0) is 13.1. The number of H-pyrrole nitrogens is 1. The smallest absolute Gasteiger partial charge is 0.223 e. The van der Waals surface area contributed by atoms with E-state index in [2.05, 4.69) is 27.0 Å². The molecule has 4 aliphatic carbocycles. The molecule has 0 aromatic carbocycles. The standard InChI is InChI=1S/C13H18N5O/c14-11(19)13-4-8-1-9(5-13)3-12(2-8,7-13)6-10-15-17-18-16-10/h4,8-9H,1-3,5-7H2,(H2,14,19)(H,15,16,17,18). The first kappa shape index (κ1) is 11.4. The van der Waals surface area contributed by atoms with E-state index in [1.165, 1.54) is 12.8 Å². The topological polar surface area (TPSA) is 97.5 Å². The van der Waals surface area contributed by atoms with Gasteiger partial charge in [-0.05, 0) is 55.8 Å². The van der Waals surface area contributed by atoms with Crippen LogP contribution in [0.4, 0.5) is 0 Å². The molecule has 0 saturated heterocycles. The summed E-state index contributed by atoms with van der Waals surface area (Å²) < 4.78 is 0. The highest BCUT2D eigenvalue weighted by Gasteiger charge is 2.60. The van der Waals surface area contributed by atoms with Gasteiger partial charge in [0, 0.05) is 6.42 Å². The Labute approximate surface area is 111 Å². The second-order valence-electron chi connectivity index (χ2n) is 6.84. The zero-order valence-corrected chi connectivity index (χ0v) is 10.8. The van der Waals surface area contributed by atoms with Gasteiger partial charge in [-0.15, -0.1) is 10.2 Å². The number of aromatic amines is 1. The van der Waals surface area contributed by atoms with Crippen LogP contribution in [0.1, 0.15) is 37.9 Å². The van der Waals surface area contributed by atoms with Gasteiger partial charge in [-0.25, -0.2) is 0 Å². The molecule has 4 unspecified atom stereocenters. The molecule has 1 radical (unpaired) electrons. The number of primary amides is 1. The number of nitrogens with zero attached hydrogens (tertiary/aromatic N) is 3. The van der Waals surface area contributed by atoms with E-state index in [0.29, 0.717) is 11.8 Å². The van der Waals surface area contributed by atoms with Crippen LogP contribution in [0, 0.1) is 29.1 Å². The van der Waals surface area contributed by atoms with E-state index in [-0.39, 0.29) is 16.7 Å². The van der Waals surface area contributed by atoms with Crippen LogP contribution in [0.25, 0.3) is 0 Å². The molecule has 1 aromatic rings. The van der Waals surface area contributed by atoms with Gasteiger partial charge in [0.05, 0.1) is 5.41 Å². The Morgan fingerprint density at radius 3 is 3.05 bits per heavy atom. The third-order valence-corrected chi connectivity index (χ3v) is 5.36. The fourth-order valence-corrected chi connectivity index (χ4v) is 5.18. The molecular formula is C13H18N5O. The minimum Gasteiger partial charge on any atom is -0.369 e. The number of nitrogens with two attached hydrogens (primary N) is 1. The maximum atomic E-state index is 11.9. The first-order valence-corrected chi connectivity index (χ1v) is 6.98. The molecule has 0 aliphatic heterocycles. The largest absolute Gasteiger partial charge is 0.369 e. The highest BCUT2D eigenvalue weighted by Crippen LogP contribution is 2.65. The van der Waals surface area contributed by atoms with E-state index in [4.69, 9.17) is 5.73 Å². The second-order valence-corrected chi connectivity index (χ2v) is 6.84. The van der Waals surface area contributed by atoms with Crippen molar-refractivity contribution >= 4 is 5.91 Å². The summed E-state index contributed by atoms with van der Waals surface area (Å²) in [5.74, 6) is 1.80. The maximum absolute atomic E-state index is 11.9. The van der Waals surface area contributed by atoms with Gasteiger partial charge in [-0.1, -0.05) is 5.21 Å². The van der Waals surface area contributed by atoms with Gasteiger partial charge in [0.2, 0.25) is 5.91 Å². The van der Waals surface area contributed by atoms with Crippen molar-refractivity contribution < 1.29 is 4.79 Å². The lowest BCUT2D eigenvalue weighted by Crippen LogP contribution is -2.57. The molecule has 101 valence electrons. The maximum Gasteiger partial charge on any atom is 0.223 e. The molecule has 4 fully saturated rings. The lowest BCUT2D eigenvalue weighted by Gasteiger charge is -2.60. The first-order valence-electron chi connectivity index (χ1n) is 6.98. The van der Waals surface area contributed by atoms with Gasteiger partial charge in [-0.2, -0.15) is 5.21 Å². The van der Waals surface area contributed by atoms with Crippen LogP contribution in [0.15, 0.2) is 0 Å². The molecule has 1 heterocycles. The van der Waals surface area contributed by atoms with Crippen molar-refractivity contribution in [1.29, 1.82) is 0 Å². The number of hydrogen-bond donors (Lipinski definition) is 2. The number of aromatic nitrogens is 4. The Hall–Kier alpha value is -1.46. The summed E-state index contributed by atoms with van der Waals surface area (Å²) in [5.41, 5.74) is 5.49. The highest BCUT2D eigenvalue weighted by atomic mass is 16.1. The quantitative estimate of drug-likeness (QED) is 0.832. The average Bonchev–Trinajstić information content (AvgIpc) is 2.78. The van der Waals surface area contributed by atoms with E-state index >= 15 is 0 Å². The summed E-state index contributed by atoms with van der Waals surface area (Å²) in [4.78, 5) is 11.9. The molecule has 4 atom stereocenters. The minimum absolute atomic E-state index is 0.140. The second kappa shape index (κ2) is 3.55. The van der Waals surface area contributed by atoms with Crippen molar-refractivity contribution in [3.05, 3.63) is 12.2 Å². The number of rotatable bonds is 3.